The van der Waals surface area contributed by atoms with E-state index in [1.165, 1.54) is 59.9 Å². The molecule has 1 saturated carbocycles. The highest BCUT2D eigenvalue weighted by molar-refractivity contribution is 6.01. The van der Waals surface area contributed by atoms with Crippen molar-refractivity contribution in [2.45, 2.75) is 113 Å². The number of allylic oxidation sites excluding steroid dienone is 5. The van der Waals surface area contributed by atoms with E-state index in [2.05, 4.69) is 83.3 Å². The van der Waals surface area contributed by atoms with Crippen LogP contribution in [0.2, 0.25) is 0 Å². The first-order valence-corrected chi connectivity index (χ1v) is 14.7. The molecular formula is C38H58O. The average Bonchev–Trinajstić information content (AvgIpc) is 2.92. The maximum Gasteiger partial charge on any atom is 0.165 e. The monoisotopic (exact) mass is 530 g/mol. The van der Waals surface area contributed by atoms with Crippen molar-refractivity contribution < 1.29 is 6.22 Å². The maximum atomic E-state index is 12.9. The van der Waals surface area contributed by atoms with E-state index in [9.17, 15) is 4.79 Å². The van der Waals surface area contributed by atoms with Gasteiger partial charge in [0.15, 0.2) is 5.78 Å². The fourth-order valence-corrected chi connectivity index (χ4v) is 5.44. The summed E-state index contributed by atoms with van der Waals surface area (Å²) in [6.45, 7) is 30.4. The normalized spacial score (nSPS) is 18.4. The third-order valence-electron chi connectivity index (χ3n) is 7.68. The van der Waals surface area contributed by atoms with E-state index in [0.717, 1.165) is 49.7 Å². The number of aryl methyl sites for hydroxylation is 1. The van der Waals surface area contributed by atoms with E-state index < -0.39 is 0 Å². The van der Waals surface area contributed by atoms with Gasteiger partial charge in [0.2, 0.25) is 0 Å². The fraction of sp³-hybridized carbons (Fsp3) is 0.500. The van der Waals surface area contributed by atoms with E-state index in [-0.39, 0.29) is 26.5 Å². The number of unbranched alkanes of at least 4 members (excludes halogenated alkanes) is 3. The van der Waals surface area contributed by atoms with Gasteiger partial charge in [0.05, 0.1) is 0 Å². The van der Waals surface area contributed by atoms with Crippen LogP contribution in [0.15, 0.2) is 84.8 Å². The highest BCUT2D eigenvalue weighted by Crippen LogP contribution is 2.42. The van der Waals surface area contributed by atoms with E-state index in [1.807, 2.05) is 13.8 Å². The second-order valence-corrected chi connectivity index (χ2v) is 10.4. The quantitative estimate of drug-likeness (QED) is 0.148. The summed E-state index contributed by atoms with van der Waals surface area (Å²) in [5.41, 5.74) is 15.2. The van der Waals surface area contributed by atoms with Crippen LogP contribution < -0.4 is 0 Å². The number of carbonyl (C=O) groups is 1. The highest BCUT2D eigenvalue weighted by atomic mass is 16.1. The molecule has 0 spiro atoms. The molecule has 0 bridgehead atoms. The second kappa shape index (κ2) is 19.2. The predicted molar refractivity (Wildman–Crippen MR) is 177 cm³/mol. The molecule has 2 aliphatic carbocycles. The number of Topliss-reactive ketones (excluding diaryl/α,β-unsaturated/α-hetero) is 1. The Hall–Kier alpha value is -2.85. The molecule has 0 saturated heterocycles. The molecule has 0 amide bonds. The van der Waals surface area contributed by atoms with Crippen LogP contribution >= 0.6 is 0 Å². The third-order valence-corrected chi connectivity index (χ3v) is 7.68. The molecule has 1 aromatic rings. The van der Waals surface area contributed by atoms with Crippen molar-refractivity contribution in [3.05, 3.63) is 102 Å². The molecule has 39 heavy (non-hydrogen) atoms. The average molecular weight is 531 g/mol. The van der Waals surface area contributed by atoms with Gasteiger partial charge in [-0.15, -0.1) is 11.5 Å². The molecule has 2 unspecified atom stereocenters. The third kappa shape index (κ3) is 10.7. The lowest BCUT2D eigenvalue weighted by Crippen LogP contribution is -2.30. The molecule has 0 heterocycles. The SMILES string of the molecule is C.C=C=C(C)CCCCCC.C=C=C1CC(C2CCC(=C)C(=C)C2=O)CC(=C)Cc2cccc(CC)c21.CC.[HH]. The summed E-state index contributed by atoms with van der Waals surface area (Å²) in [5.74, 6) is 0.414. The Morgan fingerprint density at radius 3 is 2.33 bits per heavy atom. The van der Waals surface area contributed by atoms with Crippen LogP contribution in [0.1, 0.15) is 118 Å². The molecule has 216 valence electrons. The van der Waals surface area contributed by atoms with Crippen molar-refractivity contribution in [1.82, 2.24) is 0 Å². The zero-order chi connectivity index (χ0) is 28.7. The van der Waals surface area contributed by atoms with Gasteiger partial charge in [-0.25, -0.2) is 0 Å². The van der Waals surface area contributed by atoms with E-state index >= 15 is 0 Å². The van der Waals surface area contributed by atoms with Gasteiger partial charge in [0.25, 0.3) is 0 Å². The predicted octanol–water partition coefficient (Wildman–Crippen LogP) is 11.6. The molecule has 1 heteroatoms. The van der Waals surface area contributed by atoms with E-state index in [1.54, 1.807) is 0 Å². The first-order chi connectivity index (χ1) is 18.3. The van der Waals surface area contributed by atoms with Crippen molar-refractivity contribution in [2.24, 2.45) is 11.8 Å². The second-order valence-electron chi connectivity index (χ2n) is 10.4. The lowest BCUT2D eigenvalue weighted by molar-refractivity contribution is -0.121. The Labute approximate surface area is 243 Å². The molecular weight excluding hydrogens is 472 g/mol. The smallest absolute Gasteiger partial charge is 0.165 e. The first kappa shape index (κ1) is 36.1. The fourth-order valence-electron chi connectivity index (χ4n) is 5.44. The van der Waals surface area contributed by atoms with Crippen LogP contribution in [0.3, 0.4) is 0 Å². The van der Waals surface area contributed by atoms with Crippen molar-refractivity contribution >= 4 is 11.4 Å². The number of fused-ring (bicyclic) bond motifs is 1. The summed E-state index contributed by atoms with van der Waals surface area (Å²) in [6.07, 6.45) is 11.8. The zero-order valence-corrected chi connectivity index (χ0v) is 25.1. The molecule has 2 aliphatic rings. The van der Waals surface area contributed by atoms with Crippen molar-refractivity contribution in [3.8, 4) is 0 Å². The van der Waals surface area contributed by atoms with Crippen molar-refractivity contribution in [1.29, 1.82) is 0 Å². The van der Waals surface area contributed by atoms with Crippen LogP contribution in [0, 0.1) is 11.8 Å². The molecule has 3 rings (SSSR count). The molecule has 0 aromatic heterocycles. The maximum absolute atomic E-state index is 12.9. The van der Waals surface area contributed by atoms with Crippen LogP contribution in [0.5, 0.6) is 0 Å². The van der Waals surface area contributed by atoms with Gasteiger partial charge < -0.3 is 0 Å². The van der Waals surface area contributed by atoms with Gasteiger partial charge in [-0.3, -0.25) is 4.79 Å². The highest BCUT2D eigenvalue weighted by Gasteiger charge is 2.35. The summed E-state index contributed by atoms with van der Waals surface area (Å²) < 4.78 is 0. The van der Waals surface area contributed by atoms with E-state index in [0.29, 0.717) is 5.57 Å². The van der Waals surface area contributed by atoms with Gasteiger partial charge in [-0.2, -0.15) is 0 Å². The van der Waals surface area contributed by atoms with Gasteiger partial charge in [-0.05, 0) is 92.0 Å². The van der Waals surface area contributed by atoms with Gasteiger partial charge in [0.1, 0.15) is 0 Å². The van der Waals surface area contributed by atoms with Crippen LogP contribution in [0.4, 0.5) is 0 Å². The molecule has 1 fully saturated rings. The van der Waals surface area contributed by atoms with Crippen LogP contribution in [-0.4, -0.2) is 5.78 Å². The van der Waals surface area contributed by atoms with Crippen LogP contribution in [-0.2, 0) is 17.6 Å². The largest absolute Gasteiger partial charge is 0.294 e. The molecule has 1 nitrogen and oxygen atoms in total. The Kier molecular flexibility index (Phi) is 17.8. The Balaban J connectivity index is 0. The summed E-state index contributed by atoms with van der Waals surface area (Å²) in [7, 11) is 0. The van der Waals surface area contributed by atoms with Crippen molar-refractivity contribution in [3.63, 3.8) is 0 Å². The number of carbonyl (C=O) groups excluding carboxylic acids is 1. The minimum atomic E-state index is 0. The number of hydrogen-bond donors (Lipinski definition) is 0. The lowest BCUT2D eigenvalue weighted by Gasteiger charge is -2.34. The minimum Gasteiger partial charge on any atom is -0.294 e. The summed E-state index contributed by atoms with van der Waals surface area (Å²) >= 11 is 0. The Morgan fingerprint density at radius 1 is 1.05 bits per heavy atom. The van der Waals surface area contributed by atoms with Gasteiger partial charge in [-0.1, -0.05) is 111 Å². The molecule has 2 atom stereocenters. The lowest BCUT2D eigenvalue weighted by atomic mass is 9.69. The van der Waals surface area contributed by atoms with Gasteiger partial charge in [0, 0.05) is 18.5 Å². The number of rotatable bonds is 7. The summed E-state index contributed by atoms with van der Waals surface area (Å²) in [5, 5.41) is 0. The Bertz CT molecular complexity index is 1090. The summed E-state index contributed by atoms with van der Waals surface area (Å²) in [6, 6.07) is 6.51. The number of benzene rings is 1. The zero-order valence-electron chi connectivity index (χ0n) is 25.1. The number of hydrogen-bond acceptors (Lipinski definition) is 1. The van der Waals surface area contributed by atoms with Gasteiger partial charge >= 0.3 is 0 Å². The minimum absolute atomic E-state index is 0. The van der Waals surface area contributed by atoms with E-state index in [4.69, 9.17) is 0 Å². The van der Waals surface area contributed by atoms with Crippen LogP contribution in [0.25, 0.3) is 5.57 Å². The number of ketones is 1. The molecule has 0 radical (unpaired) electrons. The van der Waals surface area contributed by atoms with Crippen molar-refractivity contribution in [2.75, 3.05) is 0 Å². The first-order valence-electron chi connectivity index (χ1n) is 14.7. The molecule has 0 aliphatic heterocycles. The summed E-state index contributed by atoms with van der Waals surface area (Å²) in [4.78, 5) is 12.9. The Morgan fingerprint density at radius 2 is 1.74 bits per heavy atom. The molecule has 0 N–H and O–H groups in total. The standard InChI is InChI=1S/C25H28O.C10H18.C2H6.CH4.H2/c1-6-19-9-8-10-21-13-16(3)14-22(15-20(7-2)24(19)21)23-12-11-17(4)18(5)25(23)26;1-4-6-7-8-9-10(3)5-2;1-2;;/h8-10,22-23H,2-6,11-15H2,1H3;2,4,6-9H2,1,3H3;1-2H3;1H4;1H. The molecule has 1 aromatic carbocycles. The topological polar surface area (TPSA) is 17.1 Å².